The van der Waals surface area contributed by atoms with Gasteiger partial charge in [0.2, 0.25) is 5.91 Å². The number of carbonyl (C=O) groups excluding carboxylic acids is 1. The van der Waals surface area contributed by atoms with Crippen molar-refractivity contribution in [2.24, 2.45) is 5.73 Å². The lowest BCUT2D eigenvalue weighted by Gasteiger charge is -2.17. The number of nitrogens with two attached hydrogens (primary N) is 1. The summed E-state index contributed by atoms with van der Waals surface area (Å²) < 4.78 is 0. The van der Waals surface area contributed by atoms with E-state index in [4.69, 9.17) is 5.73 Å². The maximum atomic E-state index is 11.5. The highest BCUT2D eigenvalue weighted by molar-refractivity contribution is 5.78. The van der Waals surface area contributed by atoms with E-state index in [2.05, 4.69) is 4.90 Å². The Balaban J connectivity index is 2.38. The number of likely N-dealkylation sites (N-methyl/N-ethyl adjacent to an activating group) is 1. The molecule has 4 heteroatoms. The van der Waals surface area contributed by atoms with E-state index < -0.39 is 0 Å². The highest BCUT2D eigenvalue weighted by atomic mass is 16.2. The lowest BCUT2D eigenvalue weighted by Crippen LogP contribution is -2.34. The van der Waals surface area contributed by atoms with Gasteiger partial charge >= 0.3 is 0 Å². The van der Waals surface area contributed by atoms with Gasteiger partial charge in [0.1, 0.15) is 0 Å². The molecule has 0 aliphatic carbocycles. The van der Waals surface area contributed by atoms with Crippen LogP contribution in [0.15, 0.2) is 12.2 Å². The quantitative estimate of drug-likeness (QED) is 0.630. The molecule has 2 N–H and O–H groups in total. The van der Waals surface area contributed by atoms with E-state index >= 15 is 0 Å². The van der Waals surface area contributed by atoms with Crippen LogP contribution < -0.4 is 5.73 Å². The van der Waals surface area contributed by atoms with Crippen LogP contribution in [0.1, 0.15) is 6.42 Å². The topological polar surface area (TPSA) is 49.6 Å². The van der Waals surface area contributed by atoms with Crippen LogP contribution in [-0.2, 0) is 4.79 Å². The molecule has 0 aromatic heterocycles. The number of amides is 1. The Morgan fingerprint density at radius 2 is 2.21 bits per heavy atom. The summed E-state index contributed by atoms with van der Waals surface area (Å²) in [5.41, 5.74) is 5.34. The lowest BCUT2D eigenvalue weighted by molar-refractivity contribution is -0.129. The average Bonchev–Trinajstić information content (AvgIpc) is 2.31. The summed E-state index contributed by atoms with van der Waals surface area (Å²) in [5, 5.41) is 0. The number of hydrogen-bond acceptors (Lipinski definition) is 3. The van der Waals surface area contributed by atoms with Crippen molar-refractivity contribution in [3.63, 3.8) is 0 Å². The standard InChI is InChI=1S/C10H19N3O/c1-12-6-4-8-13(9-10(12)14)7-3-2-5-11/h2-3H,4-9,11H2,1H3/b3-2+. The predicted octanol–water partition coefficient (Wildman–Crippen LogP) is -0.335. The van der Waals surface area contributed by atoms with Crippen LogP contribution in [0.5, 0.6) is 0 Å². The molecule has 1 heterocycles. The van der Waals surface area contributed by atoms with Gasteiger partial charge in [-0.1, -0.05) is 12.2 Å². The molecule has 0 bridgehead atoms. The van der Waals surface area contributed by atoms with Gasteiger partial charge in [0, 0.05) is 33.2 Å². The molecule has 0 atom stereocenters. The fourth-order valence-electron chi connectivity index (χ4n) is 1.52. The van der Waals surface area contributed by atoms with Crippen LogP contribution in [0.2, 0.25) is 0 Å². The van der Waals surface area contributed by atoms with Gasteiger partial charge in [-0.05, 0) is 6.42 Å². The molecule has 0 aromatic rings. The van der Waals surface area contributed by atoms with E-state index in [1.165, 1.54) is 0 Å². The predicted molar refractivity (Wildman–Crippen MR) is 56.9 cm³/mol. The van der Waals surface area contributed by atoms with Gasteiger partial charge in [0.25, 0.3) is 0 Å². The largest absolute Gasteiger partial charge is 0.345 e. The van der Waals surface area contributed by atoms with E-state index in [9.17, 15) is 4.79 Å². The molecule has 0 spiro atoms. The number of rotatable bonds is 3. The van der Waals surface area contributed by atoms with Crippen molar-refractivity contribution >= 4 is 5.91 Å². The highest BCUT2D eigenvalue weighted by Gasteiger charge is 2.17. The summed E-state index contributed by atoms with van der Waals surface area (Å²) in [4.78, 5) is 15.4. The third kappa shape index (κ3) is 3.47. The van der Waals surface area contributed by atoms with Crippen molar-refractivity contribution < 1.29 is 4.79 Å². The zero-order valence-electron chi connectivity index (χ0n) is 8.78. The van der Waals surface area contributed by atoms with Crippen LogP contribution in [0.3, 0.4) is 0 Å². The van der Waals surface area contributed by atoms with Crippen molar-refractivity contribution in [3.05, 3.63) is 12.2 Å². The maximum Gasteiger partial charge on any atom is 0.236 e. The lowest BCUT2D eigenvalue weighted by atomic mass is 10.3. The molecule has 1 rings (SSSR count). The molecule has 1 saturated heterocycles. The second-order valence-corrected chi connectivity index (χ2v) is 3.61. The van der Waals surface area contributed by atoms with Gasteiger partial charge in [-0.2, -0.15) is 0 Å². The Labute approximate surface area is 85.3 Å². The summed E-state index contributed by atoms with van der Waals surface area (Å²) in [7, 11) is 1.86. The van der Waals surface area contributed by atoms with Crippen LogP contribution in [0.4, 0.5) is 0 Å². The minimum absolute atomic E-state index is 0.212. The molecule has 4 nitrogen and oxygen atoms in total. The zero-order chi connectivity index (χ0) is 10.4. The number of carbonyl (C=O) groups is 1. The first kappa shape index (κ1) is 11.2. The van der Waals surface area contributed by atoms with E-state index in [1.54, 1.807) is 4.90 Å². The van der Waals surface area contributed by atoms with Gasteiger partial charge in [-0.25, -0.2) is 0 Å². The molecule has 1 amide bonds. The van der Waals surface area contributed by atoms with Crippen LogP contribution >= 0.6 is 0 Å². The van der Waals surface area contributed by atoms with Gasteiger partial charge in [-0.15, -0.1) is 0 Å². The van der Waals surface area contributed by atoms with Crippen molar-refractivity contribution in [3.8, 4) is 0 Å². The molecule has 80 valence electrons. The Hall–Kier alpha value is -0.870. The fourth-order valence-corrected chi connectivity index (χ4v) is 1.52. The summed E-state index contributed by atoms with van der Waals surface area (Å²) in [6.45, 7) is 3.80. The smallest absolute Gasteiger partial charge is 0.236 e. The molecular weight excluding hydrogens is 178 g/mol. The van der Waals surface area contributed by atoms with E-state index in [0.717, 1.165) is 26.1 Å². The molecule has 0 unspecified atom stereocenters. The average molecular weight is 197 g/mol. The van der Waals surface area contributed by atoms with Gasteiger partial charge < -0.3 is 10.6 Å². The Kier molecular flexibility index (Phi) is 4.62. The highest BCUT2D eigenvalue weighted by Crippen LogP contribution is 2.01. The van der Waals surface area contributed by atoms with Crippen LogP contribution in [0.25, 0.3) is 0 Å². The molecule has 14 heavy (non-hydrogen) atoms. The summed E-state index contributed by atoms with van der Waals surface area (Å²) in [6, 6.07) is 0. The van der Waals surface area contributed by atoms with Gasteiger partial charge in [-0.3, -0.25) is 9.69 Å². The minimum Gasteiger partial charge on any atom is -0.345 e. The zero-order valence-corrected chi connectivity index (χ0v) is 8.78. The molecule has 0 saturated carbocycles. The number of hydrogen-bond donors (Lipinski definition) is 1. The second kappa shape index (κ2) is 5.78. The summed E-state index contributed by atoms with van der Waals surface area (Å²) in [6.07, 6.45) is 5.01. The molecule has 0 radical (unpaired) electrons. The third-order valence-corrected chi connectivity index (χ3v) is 2.42. The van der Waals surface area contributed by atoms with Crippen molar-refractivity contribution in [1.29, 1.82) is 0 Å². The van der Waals surface area contributed by atoms with Gasteiger partial charge in [0.05, 0.1) is 6.54 Å². The Morgan fingerprint density at radius 1 is 1.43 bits per heavy atom. The van der Waals surface area contributed by atoms with Crippen molar-refractivity contribution in [2.45, 2.75) is 6.42 Å². The minimum atomic E-state index is 0.212. The normalized spacial score (nSPS) is 20.4. The first-order valence-corrected chi connectivity index (χ1v) is 5.05. The molecule has 1 aliphatic heterocycles. The van der Waals surface area contributed by atoms with E-state index in [-0.39, 0.29) is 5.91 Å². The van der Waals surface area contributed by atoms with E-state index in [1.807, 2.05) is 19.2 Å². The van der Waals surface area contributed by atoms with Crippen molar-refractivity contribution in [1.82, 2.24) is 9.80 Å². The maximum absolute atomic E-state index is 11.5. The van der Waals surface area contributed by atoms with Crippen LogP contribution in [-0.4, -0.2) is 55.5 Å². The third-order valence-electron chi connectivity index (χ3n) is 2.42. The Bertz CT molecular complexity index is 215. The SMILES string of the molecule is CN1CCCN(C/C=C/CN)CC1=O. The molecule has 1 aliphatic rings. The summed E-state index contributed by atoms with van der Waals surface area (Å²) in [5.74, 6) is 0.212. The molecule has 0 aromatic carbocycles. The van der Waals surface area contributed by atoms with E-state index in [0.29, 0.717) is 13.1 Å². The monoisotopic (exact) mass is 197 g/mol. The second-order valence-electron chi connectivity index (χ2n) is 3.61. The first-order valence-electron chi connectivity index (χ1n) is 5.05. The molecule has 1 fully saturated rings. The van der Waals surface area contributed by atoms with Gasteiger partial charge in [0.15, 0.2) is 0 Å². The first-order chi connectivity index (χ1) is 6.74. The molecular formula is C10H19N3O. The van der Waals surface area contributed by atoms with Crippen molar-refractivity contribution in [2.75, 3.05) is 39.8 Å². The summed E-state index contributed by atoms with van der Waals surface area (Å²) >= 11 is 0. The fraction of sp³-hybridized carbons (Fsp3) is 0.700. The van der Waals surface area contributed by atoms with Crippen LogP contribution in [0, 0.1) is 0 Å². The Morgan fingerprint density at radius 3 is 2.93 bits per heavy atom. The number of nitrogens with zero attached hydrogens (tertiary/aromatic N) is 2.